The van der Waals surface area contributed by atoms with Gasteiger partial charge in [-0.2, -0.15) is 5.10 Å². The number of aromatic amines is 1. The fraction of sp³-hybridized carbons (Fsp3) is 0.320. The standard InChI is InChI=1S/C25H27FN4O2/c1-29-15-18(22-13-19(26)7-8-24(22)29)16-30-10-12-32-25(17-30)23-14-20(27-28-23)9-11-31-21-5-3-2-4-6-21/h2-8,13-15,25H,9-12,16-17H2,1H3,(H,27,28)/t25-/m0/s1. The van der Waals surface area contributed by atoms with Gasteiger partial charge in [0.25, 0.3) is 0 Å². The van der Waals surface area contributed by atoms with Crippen LogP contribution in [0.3, 0.4) is 0 Å². The predicted molar refractivity (Wildman–Crippen MR) is 121 cm³/mol. The van der Waals surface area contributed by atoms with E-state index < -0.39 is 0 Å². The minimum Gasteiger partial charge on any atom is -0.493 e. The molecule has 6 nitrogen and oxygen atoms in total. The lowest BCUT2D eigenvalue weighted by molar-refractivity contribution is -0.0349. The Morgan fingerprint density at radius 3 is 2.94 bits per heavy atom. The van der Waals surface area contributed by atoms with Gasteiger partial charge in [-0.15, -0.1) is 0 Å². The van der Waals surface area contributed by atoms with Gasteiger partial charge in [0.15, 0.2) is 0 Å². The number of para-hydroxylation sites is 1. The molecule has 1 saturated heterocycles. The molecule has 0 aliphatic carbocycles. The lowest BCUT2D eigenvalue weighted by atomic mass is 10.1. The first-order chi connectivity index (χ1) is 15.7. The molecule has 0 radical (unpaired) electrons. The Bertz CT molecular complexity index is 1190. The Morgan fingerprint density at radius 2 is 2.06 bits per heavy atom. The number of fused-ring (bicyclic) bond motifs is 1. The minimum absolute atomic E-state index is 0.0875. The number of nitrogens with zero attached hydrogens (tertiary/aromatic N) is 3. The molecule has 0 amide bonds. The molecule has 1 N–H and O–H groups in total. The van der Waals surface area contributed by atoms with Crippen LogP contribution in [-0.4, -0.2) is 46.0 Å². The average Bonchev–Trinajstić information content (AvgIpc) is 3.39. The van der Waals surface area contributed by atoms with E-state index in [2.05, 4.69) is 31.9 Å². The maximum absolute atomic E-state index is 13.8. The molecule has 1 aliphatic heterocycles. The number of nitrogens with one attached hydrogen (secondary N) is 1. The van der Waals surface area contributed by atoms with E-state index in [4.69, 9.17) is 9.47 Å². The lowest BCUT2D eigenvalue weighted by Crippen LogP contribution is -2.37. The molecule has 2 aromatic carbocycles. The minimum atomic E-state index is -0.204. The maximum Gasteiger partial charge on any atom is 0.123 e. The van der Waals surface area contributed by atoms with Crippen LogP contribution >= 0.6 is 0 Å². The first-order valence-electron chi connectivity index (χ1n) is 10.9. The highest BCUT2D eigenvalue weighted by Crippen LogP contribution is 2.26. The molecule has 3 heterocycles. The molecular weight excluding hydrogens is 407 g/mol. The molecule has 0 unspecified atom stereocenters. The zero-order valence-corrected chi connectivity index (χ0v) is 18.1. The Morgan fingerprint density at radius 1 is 1.19 bits per heavy atom. The quantitative estimate of drug-likeness (QED) is 0.473. The SMILES string of the molecule is Cn1cc(CN2CCO[C@H](c3cc(CCOc4ccccc4)[nH]n3)C2)c2cc(F)ccc21. The van der Waals surface area contributed by atoms with Gasteiger partial charge in [-0.05, 0) is 42.0 Å². The van der Waals surface area contributed by atoms with Gasteiger partial charge in [0.05, 0.1) is 18.9 Å². The third-order valence-electron chi connectivity index (χ3n) is 5.94. The largest absolute Gasteiger partial charge is 0.493 e. The van der Waals surface area contributed by atoms with E-state index in [-0.39, 0.29) is 11.9 Å². The second-order valence-corrected chi connectivity index (χ2v) is 8.25. The van der Waals surface area contributed by atoms with Crippen LogP contribution in [0.2, 0.25) is 0 Å². The molecule has 0 saturated carbocycles. The van der Waals surface area contributed by atoms with Gasteiger partial charge < -0.3 is 14.0 Å². The Hall–Kier alpha value is -3.16. The summed E-state index contributed by atoms with van der Waals surface area (Å²) in [6, 6.07) is 16.8. The average molecular weight is 435 g/mol. The molecule has 7 heteroatoms. The summed E-state index contributed by atoms with van der Waals surface area (Å²) in [7, 11) is 2.00. The third-order valence-corrected chi connectivity index (χ3v) is 5.94. The molecule has 1 aliphatic rings. The molecule has 2 aromatic heterocycles. The van der Waals surface area contributed by atoms with Gasteiger partial charge >= 0.3 is 0 Å². The number of aromatic nitrogens is 3. The topological polar surface area (TPSA) is 55.3 Å². The van der Waals surface area contributed by atoms with E-state index in [1.807, 2.05) is 43.4 Å². The maximum atomic E-state index is 13.8. The van der Waals surface area contributed by atoms with E-state index in [1.165, 1.54) is 6.07 Å². The summed E-state index contributed by atoms with van der Waals surface area (Å²) < 4.78 is 27.7. The first kappa shape index (κ1) is 20.7. The van der Waals surface area contributed by atoms with Crippen molar-refractivity contribution in [2.45, 2.75) is 19.1 Å². The molecular formula is C25H27FN4O2. The van der Waals surface area contributed by atoms with Crippen LogP contribution in [0.25, 0.3) is 10.9 Å². The van der Waals surface area contributed by atoms with Crippen LogP contribution in [0.4, 0.5) is 4.39 Å². The van der Waals surface area contributed by atoms with E-state index in [0.29, 0.717) is 13.2 Å². The van der Waals surface area contributed by atoms with Crippen molar-refractivity contribution in [1.29, 1.82) is 0 Å². The molecule has 32 heavy (non-hydrogen) atoms. The zero-order chi connectivity index (χ0) is 21.9. The fourth-order valence-electron chi connectivity index (χ4n) is 4.31. The molecule has 0 spiro atoms. The molecule has 4 aromatic rings. The smallest absolute Gasteiger partial charge is 0.123 e. The van der Waals surface area contributed by atoms with Crippen LogP contribution in [0, 0.1) is 5.82 Å². The highest BCUT2D eigenvalue weighted by atomic mass is 19.1. The molecule has 1 fully saturated rings. The number of H-pyrrole nitrogens is 1. The summed E-state index contributed by atoms with van der Waals surface area (Å²) in [5.41, 5.74) is 4.11. The summed E-state index contributed by atoms with van der Waals surface area (Å²) in [5.74, 6) is 0.664. The van der Waals surface area contributed by atoms with E-state index >= 15 is 0 Å². The number of hydrogen-bond donors (Lipinski definition) is 1. The third kappa shape index (κ3) is 4.54. The summed E-state index contributed by atoms with van der Waals surface area (Å²) in [6.07, 6.45) is 2.75. The van der Waals surface area contributed by atoms with Crippen molar-refractivity contribution in [3.8, 4) is 5.75 Å². The summed E-state index contributed by atoms with van der Waals surface area (Å²) >= 11 is 0. The number of morpholine rings is 1. The molecule has 5 rings (SSSR count). The van der Waals surface area contributed by atoms with Gasteiger partial charge in [-0.1, -0.05) is 18.2 Å². The van der Waals surface area contributed by atoms with Crippen LogP contribution in [-0.2, 0) is 24.8 Å². The number of benzene rings is 2. The Balaban J connectivity index is 1.21. The van der Waals surface area contributed by atoms with Crippen LogP contribution in [0.1, 0.15) is 23.1 Å². The van der Waals surface area contributed by atoms with Crippen molar-refractivity contribution in [1.82, 2.24) is 19.7 Å². The van der Waals surface area contributed by atoms with Crippen molar-refractivity contribution >= 4 is 10.9 Å². The predicted octanol–water partition coefficient (Wildman–Crippen LogP) is 4.24. The van der Waals surface area contributed by atoms with Gasteiger partial charge in [0, 0.05) is 55.9 Å². The van der Waals surface area contributed by atoms with E-state index in [0.717, 1.165) is 59.7 Å². The highest BCUT2D eigenvalue weighted by Gasteiger charge is 2.25. The monoisotopic (exact) mass is 434 g/mol. The lowest BCUT2D eigenvalue weighted by Gasteiger charge is -2.32. The summed E-state index contributed by atoms with van der Waals surface area (Å²) in [5, 5.41) is 8.57. The van der Waals surface area contributed by atoms with Crippen LogP contribution in [0.15, 0.2) is 60.8 Å². The molecule has 1 atom stereocenters. The highest BCUT2D eigenvalue weighted by molar-refractivity contribution is 5.84. The summed E-state index contributed by atoms with van der Waals surface area (Å²) in [6.45, 7) is 3.56. The van der Waals surface area contributed by atoms with E-state index in [1.54, 1.807) is 6.07 Å². The normalized spacial score (nSPS) is 17.1. The number of rotatable bonds is 7. The number of ether oxygens (including phenoxy) is 2. The van der Waals surface area contributed by atoms with Gasteiger partial charge in [-0.25, -0.2) is 4.39 Å². The van der Waals surface area contributed by atoms with Crippen LogP contribution < -0.4 is 4.74 Å². The molecule has 166 valence electrons. The van der Waals surface area contributed by atoms with Crippen LogP contribution in [0.5, 0.6) is 5.75 Å². The Labute approximate surface area is 186 Å². The fourth-order valence-corrected chi connectivity index (χ4v) is 4.31. The molecule has 0 bridgehead atoms. The van der Waals surface area contributed by atoms with Crippen molar-refractivity contribution in [2.24, 2.45) is 7.05 Å². The first-order valence-corrected chi connectivity index (χ1v) is 10.9. The number of hydrogen-bond acceptors (Lipinski definition) is 4. The van der Waals surface area contributed by atoms with Crippen molar-refractivity contribution < 1.29 is 13.9 Å². The summed E-state index contributed by atoms with van der Waals surface area (Å²) in [4.78, 5) is 2.35. The Kier molecular flexibility index (Phi) is 5.92. The van der Waals surface area contributed by atoms with Gasteiger partial charge in [0.2, 0.25) is 0 Å². The number of aryl methyl sites for hydroxylation is 1. The second kappa shape index (κ2) is 9.14. The second-order valence-electron chi connectivity index (χ2n) is 8.25. The van der Waals surface area contributed by atoms with Crippen molar-refractivity contribution in [3.05, 3.63) is 83.6 Å². The van der Waals surface area contributed by atoms with Gasteiger partial charge in [0.1, 0.15) is 17.7 Å². The number of halogens is 1. The van der Waals surface area contributed by atoms with Crippen molar-refractivity contribution in [3.63, 3.8) is 0 Å². The van der Waals surface area contributed by atoms with Gasteiger partial charge in [-0.3, -0.25) is 10.00 Å². The van der Waals surface area contributed by atoms with Crippen molar-refractivity contribution in [2.75, 3.05) is 26.3 Å². The zero-order valence-electron chi connectivity index (χ0n) is 18.1. The van der Waals surface area contributed by atoms with E-state index in [9.17, 15) is 4.39 Å².